The smallest absolute Gasteiger partial charge is 0.234 e. The zero-order valence-electron chi connectivity index (χ0n) is 25.7. The number of amides is 1. The molecule has 0 fully saturated rings. The number of nitriles is 1. The fraction of sp³-hybridized carbons (Fsp3) is 0.344. The van der Waals surface area contributed by atoms with Crippen LogP contribution >= 0.6 is 23.1 Å². The van der Waals surface area contributed by atoms with Crippen molar-refractivity contribution in [1.29, 1.82) is 5.26 Å². The van der Waals surface area contributed by atoms with E-state index in [1.807, 2.05) is 24.3 Å². The largest absolute Gasteiger partial charge is 0.493 e. The van der Waals surface area contributed by atoms with E-state index in [1.54, 1.807) is 17.0 Å². The molecule has 3 N–H and O–H groups in total. The number of rotatable bonds is 10. The molecular formula is C32H34N6O5S2. The number of benzene rings is 2. The van der Waals surface area contributed by atoms with Crippen molar-refractivity contribution in [1.82, 2.24) is 10.2 Å². The van der Waals surface area contributed by atoms with Gasteiger partial charge in [0.15, 0.2) is 21.6 Å². The van der Waals surface area contributed by atoms with Crippen molar-refractivity contribution in [2.75, 3.05) is 37.3 Å². The van der Waals surface area contributed by atoms with E-state index in [4.69, 9.17) is 19.9 Å². The van der Waals surface area contributed by atoms with E-state index in [0.717, 1.165) is 11.3 Å². The van der Waals surface area contributed by atoms with Crippen LogP contribution in [0.1, 0.15) is 56.1 Å². The van der Waals surface area contributed by atoms with Gasteiger partial charge >= 0.3 is 0 Å². The maximum absolute atomic E-state index is 13.4. The molecule has 3 aromatic rings. The molecule has 1 aliphatic carbocycles. The van der Waals surface area contributed by atoms with Crippen molar-refractivity contribution >= 4 is 45.6 Å². The monoisotopic (exact) mass is 646 g/mol. The van der Waals surface area contributed by atoms with Crippen LogP contribution in [0.2, 0.25) is 0 Å². The minimum Gasteiger partial charge on any atom is -0.493 e. The molecule has 2 aromatic carbocycles. The molecule has 0 radical (unpaired) electrons. The molecule has 0 saturated carbocycles. The average Bonchev–Trinajstić information content (AvgIpc) is 3.51. The Morgan fingerprint density at radius 2 is 1.82 bits per heavy atom. The van der Waals surface area contributed by atoms with Crippen molar-refractivity contribution in [2.24, 2.45) is 5.73 Å². The van der Waals surface area contributed by atoms with Gasteiger partial charge in [0.1, 0.15) is 5.82 Å². The fourth-order valence-corrected chi connectivity index (χ4v) is 7.22. The zero-order chi connectivity index (χ0) is 32.2. The van der Waals surface area contributed by atoms with Crippen LogP contribution in [0.3, 0.4) is 0 Å². The summed E-state index contributed by atoms with van der Waals surface area (Å²) in [7, 11) is 4.51. The predicted octanol–water partition coefficient (Wildman–Crippen LogP) is 5.72. The summed E-state index contributed by atoms with van der Waals surface area (Å²) >= 11 is 2.45. The van der Waals surface area contributed by atoms with Gasteiger partial charge < -0.3 is 25.3 Å². The third-order valence-electron chi connectivity index (χ3n) is 7.71. The first kappa shape index (κ1) is 31.9. The first-order chi connectivity index (χ1) is 21.7. The number of anilines is 2. The van der Waals surface area contributed by atoms with Crippen LogP contribution in [-0.2, 0) is 9.59 Å². The van der Waals surface area contributed by atoms with Gasteiger partial charge in [0, 0.05) is 35.5 Å². The Morgan fingerprint density at radius 3 is 2.42 bits per heavy atom. The van der Waals surface area contributed by atoms with Gasteiger partial charge in [-0.3, -0.25) is 14.5 Å². The Hall–Kier alpha value is -4.54. The van der Waals surface area contributed by atoms with Gasteiger partial charge in [0.2, 0.25) is 16.8 Å². The number of methoxy groups -OCH3 is 3. The predicted molar refractivity (Wildman–Crippen MR) is 174 cm³/mol. The lowest BCUT2D eigenvalue weighted by molar-refractivity contribution is -0.116. The van der Waals surface area contributed by atoms with E-state index in [2.05, 4.69) is 35.4 Å². The average molecular weight is 647 g/mol. The number of carbonyl (C=O) groups is 2. The second kappa shape index (κ2) is 13.6. The van der Waals surface area contributed by atoms with Crippen molar-refractivity contribution in [3.8, 4) is 23.3 Å². The molecule has 0 spiro atoms. The van der Waals surface area contributed by atoms with Crippen molar-refractivity contribution in [3.63, 3.8) is 0 Å². The molecule has 234 valence electrons. The SMILES string of the molecule is COc1cc(NC(=O)CSc2nnc(N3C(N)=C(C#N)C(c4ccc(C(C)C)cc4)C4=C3CCCC4=O)s2)cc(OC)c1OC. The van der Waals surface area contributed by atoms with Crippen LogP contribution in [0.15, 0.2) is 63.4 Å². The van der Waals surface area contributed by atoms with Crippen LogP contribution in [0.25, 0.3) is 0 Å². The summed E-state index contributed by atoms with van der Waals surface area (Å²) < 4.78 is 16.6. The van der Waals surface area contributed by atoms with Crippen LogP contribution in [0.4, 0.5) is 10.8 Å². The topological polar surface area (TPSA) is 153 Å². The standard InChI is InChI=1S/C32H34N6O5S2/c1-17(2)18-9-11-19(12-10-18)27-21(15-33)30(34)38(22-7-6-8-23(39)28(22)27)31-36-37-32(45-31)44-16-26(40)35-20-13-24(41-3)29(43-5)25(14-20)42-4/h9-14,17,27H,6-8,16,34H2,1-5H3,(H,35,40). The molecule has 2 aliphatic rings. The molecule has 1 amide bonds. The zero-order valence-corrected chi connectivity index (χ0v) is 27.3. The number of nitrogens with two attached hydrogens (primary N) is 1. The number of Topliss-reactive ketones (excluding diaryl/α,β-unsaturated/α-hetero) is 1. The van der Waals surface area contributed by atoms with E-state index in [1.165, 1.54) is 50.0 Å². The van der Waals surface area contributed by atoms with Gasteiger partial charge in [0.25, 0.3) is 0 Å². The molecule has 0 saturated heterocycles. The number of ketones is 1. The van der Waals surface area contributed by atoms with Gasteiger partial charge in [-0.25, -0.2) is 0 Å². The second-order valence-electron chi connectivity index (χ2n) is 10.7. The summed E-state index contributed by atoms with van der Waals surface area (Å²) in [5, 5.41) is 22.2. The molecule has 5 rings (SSSR count). The number of hydrogen-bond acceptors (Lipinski definition) is 12. The fourth-order valence-electron chi connectivity index (χ4n) is 5.54. The van der Waals surface area contributed by atoms with E-state index in [-0.39, 0.29) is 23.3 Å². The summed E-state index contributed by atoms with van der Waals surface area (Å²) in [5.74, 6) is 1.09. The maximum atomic E-state index is 13.4. The number of ether oxygens (including phenoxy) is 3. The molecule has 2 heterocycles. The molecular weight excluding hydrogens is 613 g/mol. The van der Waals surface area contributed by atoms with Crippen LogP contribution in [0, 0.1) is 11.3 Å². The molecule has 1 atom stereocenters. The lowest BCUT2D eigenvalue weighted by Gasteiger charge is -2.38. The minimum absolute atomic E-state index is 0.00186. The summed E-state index contributed by atoms with van der Waals surface area (Å²) in [6.07, 6.45) is 1.69. The number of nitrogens with zero attached hydrogens (tertiary/aromatic N) is 4. The third-order valence-corrected chi connectivity index (χ3v) is 9.75. The molecule has 13 heteroatoms. The normalized spacial score (nSPS) is 16.4. The molecule has 1 unspecified atom stereocenters. The number of nitrogens with one attached hydrogen (secondary N) is 1. The first-order valence-electron chi connectivity index (χ1n) is 14.3. The summed E-state index contributed by atoms with van der Waals surface area (Å²) in [6, 6.07) is 13.6. The molecule has 1 aliphatic heterocycles. The van der Waals surface area contributed by atoms with E-state index >= 15 is 0 Å². The van der Waals surface area contributed by atoms with E-state index in [0.29, 0.717) is 68.7 Å². The third kappa shape index (κ3) is 6.34. The first-order valence-corrected chi connectivity index (χ1v) is 16.1. The van der Waals surface area contributed by atoms with Crippen molar-refractivity contribution in [2.45, 2.75) is 49.3 Å². The van der Waals surface area contributed by atoms with Gasteiger partial charge in [-0.2, -0.15) is 5.26 Å². The quantitative estimate of drug-likeness (QED) is 0.260. The van der Waals surface area contributed by atoms with Crippen LogP contribution in [-0.4, -0.2) is 49.0 Å². The Morgan fingerprint density at radius 1 is 1.13 bits per heavy atom. The number of aromatic nitrogens is 2. The van der Waals surface area contributed by atoms with Gasteiger partial charge in [-0.05, 0) is 29.9 Å². The van der Waals surface area contributed by atoms with Gasteiger partial charge in [0.05, 0.1) is 44.6 Å². The number of allylic oxidation sites excluding steroid dienone is 3. The summed E-state index contributed by atoms with van der Waals surface area (Å²) in [4.78, 5) is 27.9. The molecule has 11 nitrogen and oxygen atoms in total. The second-order valence-corrected chi connectivity index (χ2v) is 12.9. The number of thioether (sulfide) groups is 1. The summed E-state index contributed by atoms with van der Waals surface area (Å²) in [5.41, 5.74) is 10.8. The Bertz CT molecular complexity index is 1700. The lowest BCUT2D eigenvalue weighted by atomic mass is 9.75. The minimum atomic E-state index is -0.545. The molecule has 1 aromatic heterocycles. The Kier molecular flexibility index (Phi) is 9.65. The highest BCUT2D eigenvalue weighted by Gasteiger charge is 2.41. The maximum Gasteiger partial charge on any atom is 0.234 e. The highest BCUT2D eigenvalue weighted by molar-refractivity contribution is 8.01. The Labute approximate surface area is 270 Å². The summed E-state index contributed by atoms with van der Waals surface area (Å²) in [6.45, 7) is 4.24. The number of carbonyl (C=O) groups excluding carboxylic acids is 2. The Balaban J connectivity index is 1.38. The van der Waals surface area contributed by atoms with Crippen molar-refractivity contribution in [3.05, 3.63) is 70.2 Å². The van der Waals surface area contributed by atoms with Gasteiger partial charge in [-0.15, -0.1) is 10.2 Å². The van der Waals surface area contributed by atoms with E-state index < -0.39 is 5.92 Å². The van der Waals surface area contributed by atoms with Gasteiger partial charge in [-0.1, -0.05) is 61.2 Å². The molecule has 0 bridgehead atoms. The highest BCUT2D eigenvalue weighted by Crippen LogP contribution is 2.47. The lowest BCUT2D eigenvalue weighted by Crippen LogP contribution is -2.38. The molecule has 45 heavy (non-hydrogen) atoms. The highest BCUT2D eigenvalue weighted by atomic mass is 32.2. The number of hydrogen-bond donors (Lipinski definition) is 2. The van der Waals surface area contributed by atoms with E-state index in [9.17, 15) is 14.9 Å². The van der Waals surface area contributed by atoms with Crippen LogP contribution in [0.5, 0.6) is 17.2 Å². The van der Waals surface area contributed by atoms with Crippen LogP contribution < -0.4 is 30.2 Å². The van der Waals surface area contributed by atoms with Crippen molar-refractivity contribution < 1.29 is 23.8 Å².